The number of amides is 2. The van der Waals surface area contributed by atoms with Crippen LogP contribution in [0.15, 0.2) is 42.7 Å². The molecule has 2 aromatic rings. The Kier molecular flexibility index (Phi) is 5.73. The van der Waals surface area contributed by atoms with Crippen molar-refractivity contribution in [3.63, 3.8) is 0 Å². The number of anilines is 1. The second-order valence-electron chi connectivity index (χ2n) is 6.13. The summed E-state index contributed by atoms with van der Waals surface area (Å²) in [6.07, 6.45) is 4.40. The van der Waals surface area contributed by atoms with Crippen LogP contribution in [0.1, 0.15) is 12.0 Å². The van der Waals surface area contributed by atoms with E-state index in [2.05, 4.69) is 10.3 Å². The maximum absolute atomic E-state index is 12.4. The van der Waals surface area contributed by atoms with Crippen LogP contribution >= 0.6 is 11.6 Å². The molecule has 26 heavy (non-hydrogen) atoms. The number of rotatable bonds is 6. The smallest absolute Gasteiger partial charge is 0.227 e. The van der Waals surface area contributed by atoms with Gasteiger partial charge in [0.25, 0.3) is 0 Å². The molecule has 1 aliphatic rings. The summed E-state index contributed by atoms with van der Waals surface area (Å²) in [6, 6.07) is 9.00. The number of hydrogen-bond donors (Lipinski definition) is 1. The van der Waals surface area contributed by atoms with E-state index in [4.69, 9.17) is 16.3 Å². The van der Waals surface area contributed by atoms with Gasteiger partial charge in [0, 0.05) is 37.6 Å². The molecule has 1 fully saturated rings. The Bertz CT molecular complexity index is 798. The van der Waals surface area contributed by atoms with Crippen LogP contribution in [-0.2, 0) is 16.0 Å². The van der Waals surface area contributed by atoms with Gasteiger partial charge in [-0.25, -0.2) is 0 Å². The van der Waals surface area contributed by atoms with Gasteiger partial charge in [0.2, 0.25) is 11.8 Å². The molecular formula is C19H20ClN3O3. The number of benzene rings is 1. The lowest BCUT2D eigenvalue weighted by Gasteiger charge is -2.17. The van der Waals surface area contributed by atoms with Crippen LogP contribution < -0.4 is 15.0 Å². The number of nitrogens with zero attached hydrogens (tertiary/aromatic N) is 2. The van der Waals surface area contributed by atoms with Crippen molar-refractivity contribution < 1.29 is 14.3 Å². The van der Waals surface area contributed by atoms with E-state index in [1.165, 1.54) is 7.11 Å². The first-order chi connectivity index (χ1) is 12.6. The summed E-state index contributed by atoms with van der Waals surface area (Å²) in [6.45, 7) is 0.865. The number of nitrogens with one attached hydrogen (secondary N) is 1. The molecule has 1 aliphatic heterocycles. The molecule has 6 nitrogen and oxygen atoms in total. The molecule has 0 radical (unpaired) electrons. The third kappa shape index (κ3) is 4.14. The van der Waals surface area contributed by atoms with Gasteiger partial charge in [0.15, 0.2) is 0 Å². The van der Waals surface area contributed by atoms with Crippen LogP contribution in [0.2, 0.25) is 5.02 Å². The third-order valence-electron chi connectivity index (χ3n) is 4.38. The molecule has 1 saturated heterocycles. The van der Waals surface area contributed by atoms with E-state index in [1.54, 1.807) is 35.5 Å². The Hall–Kier alpha value is -2.60. The molecule has 136 valence electrons. The Balaban J connectivity index is 1.56. The van der Waals surface area contributed by atoms with E-state index < -0.39 is 0 Å². The van der Waals surface area contributed by atoms with Gasteiger partial charge < -0.3 is 15.0 Å². The van der Waals surface area contributed by atoms with Gasteiger partial charge in [0.05, 0.1) is 18.1 Å². The fraction of sp³-hybridized carbons (Fsp3) is 0.316. The van der Waals surface area contributed by atoms with Crippen LogP contribution in [-0.4, -0.2) is 37.0 Å². The zero-order chi connectivity index (χ0) is 18.5. The molecule has 0 bridgehead atoms. The topological polar surface area (TPSA) is 71.5 Å². The van der Waals surface area contributed by atoms with Crippen LogP contribution in [0.3, 0.4) is 0 Å². The van der Waals surface area contributed by atoms with Crippen molar-refractivity contribution >= 4 is 29.1 Å². The predicted molar refractivity (Wildman–Crippen MR) is 99.4 cm³/mol. The summed E-state index contributed by atoms with van der Waals surface area (Å²) in [7, 11) is 1.54. The number of hydrogen-bond acceptors (Lipinski definition) is 4. The van der Waals surface area contributed by atoms with Crippen molar-refractivity contribution in [3.8, 4) is 5.75 Å². The average molecular weight is 374 g/mol. The molecule has 3 rings (SSSR count). The van der Waals surface area contributed by atoms with Crippen molar-refractivity contribution in [2.75, 3.05) is 25.1 Å². The first-order valence-corrected chi connectivity index (χ1v) is 8.77. The van der Waals surface area contributed by atoms with E-state index >= 15 is 0 Å². The van der Waals surface area contributed by atoms with E-state index in [9.17, 15) is 9.59 Å². The zero-order valence-electron chi connectivity index (χ0n) is 14.4. The van der Waals surface area contributed by atoms with Crippen molar-refractivity contribution in [3.05, 3.63) is 53.3 Å². The summed E-state index contributed by atoms with van der Waals surface area (Å²) >= 11 is 6.13. The Labute approximate surface area is 157 Å². The highest BCUT2D eigenvalue weighted by atomic mass is 35.5. The number of methoxy groups -OCH3 is 1. The highest BCUT2D eigenvalue weighted by molar-refractivity contribution is 6.32. The Morgan fingerprint density at radius 3 is 2.96 bits per heavy atom. The van der Waals surface area contributed by atoms with Crippen molar-refractivity contribution in [2.45, 2.75) is 12.8 Å². The van der Waals surface area contributed by atoms with E-state index in [0.717, 1.165) is 5.56 Å². The van der Waals surface area contributed by atoms with Crippen molar-refractivity contribution in [1.82, 2.24) is 10.3 Å². The monoisotopic (exact) mass is 373 g/mol. The largest absolute Gasteiger partial charge is 0.495 e. The van der Waals surface area contributed by atoms with E-state index in [0.29, 0.717) is 36.0 Å². The predicted octanol–water partition coefficient (Wildman–Crippen LogP) is 2.46. The second-order valence-corrected chi connectivity index (χ2v) is 6.53. The number of ether oxygens (including phenoxy) is 1. The molecule has 0 spiro atoms. The lowest BCUT2D eigenvalue weighted by Crippen LogP contribution is -2.34. The third-order valence-corrected chi connectivity index (χ3v) is 4.67. The molecule has 1 unspecified atom stereocenters. The molecule has 2 heterocycles. The lowest BCUT2D eigenvalue weighted by atomic mass is 10.1. The zero-order valence-corrected chi connectivity index (χ0v) is 15.2. The van der Waals surface area contributed by atoms with E-state index in [-0.39, 0.29) is 24.2 Å². The molecular weight excluding hydrogens is 354 g/mol. The fourth-order valence-corrected chi connectivity index (χ4v) is 3.23. The van der Waals surface area contributed by atoms with Gasteiger partial charge in [-0.15, -0.1) is 0 Å². The molecule has 1 atom stereocenters. The van der Waals surface area contributed by atoms with Crippen LogP contribution in [0.4, 0.5) is 5.69 Å². The number of pyridine rings is 1. The van der Waals surface area contributed by atoms with Crippen LogP contribution in [0.25, 0.3) is 0 Å². The van der Waals surface area contributed by atoms with Crippen LogP contribution in [0, 0.1) is 5.92 Å². The maximum Gasteiger partial charge on any atom is 0.227 e. The highest BCUT2D eigenvalue weighted by Crippen LogP contribution is 2.32. The maximum atomic E-state index is 12.4. The molecule has 1 N–H and O–H groups in total. The first kappa shape index (κ1) is 18.2. The molecule has 0 saturated carbocycles. The van der Waals surface area contributed by atoms with Gasteiger partial charge in [-0.3, -0.25) is 14.6 Å². The van der Waals surface area contributed by atoms with Gasteiger partial charge >= 0.3 is 0 Å². The first-order valence-electron chi connectivity index (χ1n) is 8.39. The normalized spacial score (nSPS) is 16.6. The van der Waals surface area contributed by atoms with Gasteiger partial charge in [-0.2, -0.15) is 0 Å². The average Bonchev–Trinajstić information content (AvgIpc) is 3.04. The standard InChI is InChI=1S/C19H20ClN3O3/c1-26-17-5-4-15(10-16(17)20)23-12-14(9-18(23)24)19(25)22-8-6-13-3-2-7-21-11-13/h2-5,7,10-11,14H,6,8-9,12H2,1H3,(H,22,25). The minimum absolute atomic E-state index is 0.0846. The Morgan fingerprint density at radius 1 is 1.42 bits per heavy atom. The summed E-state index contributed by atoms with van der Waals surface area (Å²) < 4.78 is 5.13. The summed E-state index contributed by atoms with van der Waals surface area (Å²) in [5, 5.41) is 3.34. The SMILES string of the molecule is COc1ccc(N2CC(C(=O)NCCc3cccnc3)CC2=O)cc1Cl. The van der Waals surface area contributed by atoms with E-state index in [1.807, 2.05) is 12.1 Å². The lowest BCUT2D eigenvalue weighted by molar-refractivity contribution is -0.126. The van der Waals surface area contributed by atoms with Crippen molar-refractivity contribution in [2.24, 2.45) is 5.92 Å². The molecule has 7 heteroatoms. The number of carbonyl (C=O) groups excluding carboxylic acids is 2. The number of carbonyl (C=O) groups is 2. The molecule has 1 aromatic carbocycles. The molecule has 1 aromatic heterocycles. The quantitative estimate of drug-likeness (QED) is 0.844. The number of halogens is 1. The second kappa shape index (κ2) is 8.19. The summed E-state index contributed by atoms with van der Waals surface area (Å²) in [5.41, 5.74) is 1.73. The van der Waals surface area contributed by atoms with Gasteiger partial charge in [-0.05, 0) is 36.2 Å². The van der Waals surface area contributed by atoms with Crippen LogP contribution in [0.5, 0.6) is 5.75 Å². The highest BCUT2D eigenvalue weighted by Gasteiger charge is 2.35. The Morgan fingerprint density at radius 2 is 2.27 bits per heavy atom. The summed E-state index contributed by atoms with van der Waals surface area (Å²) in [4.78, 5) is 30.3. The van der Waals surface area contributed by atoms with Gasteiger partial charge in [0.1, 0.15) is 5.75 Å². The minimum atomic E-state index is -0.364. The van der Waals surface area contributed by atoms with Gasteiger partial charge in [-0.1, -0.05) is 17.7 Å². The fourth-order valence-electron chi connectivity index (χ4n) is 2.98. The minimum Gasteiger partial charge on any atom is -0.495 e. The molecule has 0 aliphatic carbocycles. The number of aromatic nitrogens is 1. The molecule has 2 amide bonds. The summed E-state index contributed by atoms with van der Waals surface area (Å²) in [5.74, 6) is -0.00738. The van der Waals surface area contributed by atoms with Crippen molar-refractivity contribution in [1.29, 1.82) is 0 Å².